The molecule has 3 heteroatoms. The smallest absolute Gasteiger partial charge is 0.184 e. The molecule has 2 aliphatic rings. The average molecular weight is 231 g/mol. The number of hydrogen-bond donors (Lipinski definition) is 0. The maximum absolute atomic E-state index is 5.95. The number of rotatable bonds is 3. The van der Waals surface area contributed by atoms with Crippen LogP contribution in [0, 0.1) is 5.92 Å². The molecule has 0 radical (unpaired) electrons. The van der Waals surface area contributed by atoms with E-state index in [0.29, 0.717) is 5.92 Å². The summed E-state index contributed by atoms with van der Waals surface area (Å²) in [5, 5.41) is 0. The van der Waals surface area contributed by atoms with Gasteiger partial charge in [0.15, 0.2) is 6.29 Å². The quantitative estimate of drug-likeness (QED) is 0.801. The standard InChI is InChI=1S/C14H17NO2/c1-16-14-12(10-5-7-15-8-6-10)9-13(17-14)11-3-2-4-11/h5-9,11,13-14H,2-4H2,1H3. The van der Waals surface area contributed by atoms with Gasteiger partial charge in [0.05, 0.1) is 6.10 Å². The van der Waals surface area contributed by atoms with Crippen LogP contribution < -0.4 is 0 Å². The van der Waals surface area contributed by atoms with Crippen molar-refractivity contribution in [2.45, 2.75) is 31.7 Å². The predicted molar refractivity (Wildman–Crippen MR) is 65.2 cm³/mol. The first-order chi connectivity index (χ1) is 8.38. The molecule has 17 heavy (non-hydrogen) atoms. The first-order valence-corrected chi connectivity index (χ1v) is 6.19. The van der Waals surface area contributed by atoms with Crippen LogP contribution in [0.1, 0.15) is 24.8 Å². The van der Waals surface area contributed by atoms with Gasteiger partial charge in [-0.05, 0) is 42.5 Å². The van der Waals surface area contributed by atoms with E-state index in [1.54, 1.807) is 19.5 Å². The number of methoxy groups -OCH3 is 1. The second-order valence-corrected chi connectivity index (χ2v) is 4.72. The van der Waals surface area contributed by atoms with E-state index in [4.69, 9.17) is 9.47 Å². The first-order valence-electron chi connectivity index (χ1n) is 6.19. The molecule has 90 valence electrons. The summed E-state index contributed by atoms with van der Waals surface area (Å²) in [6.45, 7) is 0. The van der Waals surface area contributed by atoms with Crippen LogP contribution in [-0.2, 0) is 9.47 Å². The Bertz CT molecular complexity index is 411. The van der Waals surface area contributed by atoms with E-state index in [1.165, 1.54) is 19.3 Å². The van der Waals surface area contributed by atoms with Crippen molar-refractivity contribution >= 4 is 5.57 Å². The lowest BCUT2D eigenvalue weighted by molar-refractivity contribution is -0.114. The fourth-order valence-corrected chi connectivity index (χ4v) is 2.49. The van der Waals surface area contributed by atoms with Gasteiger partial charge < -0.3 is 9.47 Å². The van der Waals surface area contributed by atoms with E-state index in [0.717, 1.165) is 11.1 Å². The number of nitrogens with zero attached hydrogens (tertiary/aromatic N) is 1. The molecule has 1 aromatic rings. The molecule has 2 atom stereocenters. The molecule has 0 saturated heterocycles. The summed E-state index contributed by atoms with van der Waals surface area (Å²) in [6.07, 6.45) is 9.75. The Labute approximate surface area is 101 Å². The monoisotopic (exact) mass is 231 g/mol. The summed E-state index contributed by atoms with van der Waals surface area (Å²) in [7, 11) is 1.70. The Balaban J connectivity index is 1.85. The van der Waals surface area contributed by atoms with E-state index < -0.39 is 0 Å². The summed E-state index contributed by atoms with van der Waals surface area (Å²) in [5.74, 6) is 0.687. The number of aromatic nitrogens is 1. The minimum atomic E-state index is -0.219. The third-order valence-corrected chi connectivity index (χ3v) is 3.72. The van der Waals surface area contributed by atoms with Crippen LogP contribution in [-0.4, -0.2) is 24.5 Å². The van der Waals surface area contributed by atoms with E-state index in [-0.39, 0.29) is 12.4 Å². The SMILES string of the molecule is COC1OC(C2CCC2)C=C1c1ccncc1. The van der Waals surface area contributed by atoms with Gasteiger partial charge in [0.1, 0.15) is 0 Å². The van der Waals surface area contributed by atoms with Crippen LogP contribution in [0.25, 0.3) is 5.57 Å². The zero-order chi connectivity index (χ0) is 11.7. The van der Waals surface area contributed by atoms with Gasteiger partial charge in [0.2, 0.25) is 0 Å². The lowest BCUT2D eigenvalue weighted by Gasteiger charge is -2.30. The Morgan fingerprint density at radius 2 is 2.06 bits per heavy atom. The van der Waals surface area contributed by atoms with Crippen molar-refractivity contribution in [3.05, 3.63) is 36.2 Å². The fraction of sp³-hybridized carbons (Fsp3) is 0.500. The largest absolute Gasteiger partial charge is 0.352 e. The van der Waals surface area contributed by atoms with Gasteiger partial charge in [-0.1, -0.05) is 6.42 Å². The van der Waals surface area contributed by atoms with Crippen molar-refractivity contribution in [1.82, 2.24) is 4.98 Å². The van der Waals surface area contributed by atoms with Crippen LogP contribution in [0.15, 0.2) is 30.6 Å². The third-order valence-electron chi connectivity index (χ3n) is 3.72. The second-order valence-electron chi connectivity index (χ2n) is 4.72. The van der Waals surface area contributed by atoms with Crippen LogP contribution in [0.5, 0.6) is 0 Å². The molecule has 1 aromatic heterocycles. The highest BCUT2D eigenvalue weighted by Crippen LogP contribution is 2.39. The van der Waals surface area contributed by atoms with E-state index in [9.17, 15) is 0 Å². The molecule has 1 aliphatic heterocycles. The maximum Gasteiger partial charge on any atom is 0.184 e. The normalized spacial score (nSPS) is 28.9. The molecule has 0 aromatic carbocycles. The molecule has 0 N–H and O–H groups in total. The molecule has 1 saturated carbocycles. The molecule has 0 bridgehead atoms. The van der Waals surface area contributed by atoms with Gasteiger partial charge >= 0.3 is 0 Å². The summed E-state index contributed by atoms with van der Waals surface area (Å²) in [4.78, 5) is 4.04. The molecule has 2 unspecified atom stereocenters. The van der Waals surface area contributed by atoms with Crippen molar-refractivity contribution in [1.29, 1.82) is 0 Å². The maximum atomic E-state index is 5.95. The summed E-state index contributed by atoms with van der Waals surface area (Å²) in [5.41, 5.74) is 2.29. The minimum absolute atomic E-state index is 0.219. The lowest BCUT2D eigenvalue weighted by Crippen LogP contribution is -2.27. The first kappa shape index (κ1) is 10.9. The zero-order valence-electron chi connectivity index (χ0n) is 10.0. The van der Waals surface area contributed by atoms with Crippen molar-refractivity contribution in [2.75, 3.05) is 7.11 Å². The Hall–Kier alpha value is -1.19. The summed E-state index contributed by atoms with van der Waals surface area (Å²) >= 11 is 0. The van der Waals surface area contributed by atoms with Gasteiger partial charge in [-0.2, -0.15) is 0 Å². The highest BCUT2D eigenvalue weighted by atomic mass is 16.7. The fourth-order valence-electron chi connectivity index (χ4n) is 2.49. The van der Waals surface area contributed by atoms with E-state index >= 15 is 0 Å². The van der Waals surface area contributed by atoms with E-state index in [2.05, 4.69) is 11.1 Å². The molecule has 1 fully saturated rings. The van der Waals surface area contributed by atoms with Crippen molar-refractivity contribution < 1.29 is 9.47 Å². The Morgan fingerprint density at radius 1 is 1.29 bits per heavy atom. The number of pyridine rings is 1. The molecular formula is C14H17NO2. The van der Waals surface area contributed by atoms with Crippen molar-refractivity contribution in [3.8, 4) is 0 Å². The molecule has 0 amide bonds. The lowest BCUT2D eigenvalue weighted by atomic mass is 9.81. The van der Waals surface area contributed by atoms with Crippen LogP contribution in [0.4, 0.5) is 0 Å². The topological polar surface area (TPSA) is 31.4 Å². The second kappa shape index (κ2) is 4.59. The number of ether oxygens (including phenoxy) is 2. The van der Waals surface area contributed by atoms with Gasteiger partial charge in [-0.25, -0.2) is 0 Å². The van der Waals surface area contributed by atoms with Crippen molar-refractivity contribution in [2.24, 2.45) is 5.92 Å². The van der Waals surface area contributed by atoms with Gasteiger partial charge in [0, 0.05) is 25.1 Å². The molecule has 2 heterocycles. The zero-order valence-corrected chi connectivity index (χ0v) is 10.0. The molecule has 3 nitrogen and oxygen atoms in total. The third kappa shape index (κ3) is 2.01. The molecule has 0 spiro atoms. The molecule has 3 rings (SSSR count). The summed E-state index contributed by atoms with van der Waals surface area (Å²) in [6, 6.07) is 4.01. The van der Waals surface area contributed by atoms with Crippen molar-refractivity contribution in [3.63, 3.8) is 0 Å². The Kier molecular flexibility index (Phi) is 2.95. The predicted octanol–water partition coefficient (Wildman–Crippen LogP) is 2.64. The van der Waals surface area contributed by atoms with Gasteiger partial charge in [-0.3, -0.25) is 4.98 Å². The Morgan fingerprint density at radius 3 is 2.65 bits per heavy atom. The van der Waals surface area contributed by atoms with Gasteiger partial charge in [-0.15, -0.1) is 0 Å². The highest BCUT2D eigenvalue weighted by molar-refractivity contribution is 5.69. The molecular weight excluding hydrogens is 214 g/mol. The highest BCUT2D eigenvalue weighted by Gasteiger charge is 2.35. The minimum Gasteiger partial charge on any atom is -0.352 e. The molecule has 1 aliphatic carbocycles. The van der Waals surface area contributed by atoms with Crippen LogP contribution >= 0.6 is 0 Å². The number of hydrogen-bond acceptors (Lipinski definition) is 3. The van der Waals surface area contributed by atoms with E-state index in [1.807, 2.05) is 12.1 Å². The van der Waals surface area contributed by atoms with Gasteiger partial charge in [0.25, 0.3) is 0 Å². The summed E-state index contributed by atoms with van der Waals surface area (Å²) < 4.78 is 11.4. The van der Waals surface area contributed by atoms with Crippen LogP contribution in [0.3, 0.4) is 0 Å². The van der Waals surface area contributed by atoms with Crippen LogP contribution in [0.2, 0.25) is 0 Å². The average Bonchev–Trinajstić information content (AvgIpc) is 2.72.